The third kappa shape index (κ3) is 4.03. The van der Waals surface area contributed by atoms with Crippen LogP contribution >= 0.6 is 0 Å². The highest BCUT2D eigenvalue weighted by Crippen LogP contribution is 2.30. The van der Waals surface area contributed by atoms with Gasteiger partial charge in [-0.25, -0.2) is 8.42 Å². The highest BCUT2D eigenvalue weighted by molar-refractivity contribution is 7.88. The average molecular weight is 390 g/mol. The number of nitrogens with zero attached hydrogens (tertiary/aromatic N) is 1. The zero-order chi connectivity index (χ0) is 19.5. The Hall–Kier alpha value is -2.26. The lowest BCUT2D eigenvalue weighted by molar-refractivity contribution is -0.133. The molecule has 0 saturated carbocycles. The summed E-state index contributed by atoms with van der Waals surface area (Å²) in [4.78, 5) is 12.0. The van der Waals surface area contributed by atoms with E-state index in [4.69, 9.17) is 10.5 Å². The lowest BCUT2D eigenvalue weighted by Crippen LogP contribution is -2.42. The Bertz CT molecular complexity index is 893. The smallest absolute Gasteiger partial charge is 0.258 e. The van der Waals surface area contributed by atoms with Crippen LogP contribution < -0.4 is 5.73 Å². The molecule has 3 rings (SSSR count). The van der Waals surface area contributed by atoms with Crippen molar-refractivity contribution in [3.63, 3.8) is 0 Å². The first-order chi connectivity index (χ1) is 12.8. The molecule has 1 atom stereocenters. The summed E-state index contributed by atoms with van der Waals surface area (Å²) in [6, 6.07) is 14.6. The standard InChI is InChI=1S/C19H22N2O5S/c20-18(22)19(23,16-4-2-1-3-5-16)17-8-6-15(7-9-17)14-27(24,25)21-10-12-26-13-11-21/h1-9,23H,10-14H2,(H2,20,22). The van der Waals surface area contributed by atoms with Crippen molar-refractivity contribution < 1.29 is 23.1 Å². The molecule has 1 fully saturated rings. The number of nitrogens with two attached hydrogens (primary N) is 1. The number of primary amides is 1. The van der Waals surface area contributed by atoms with Gasteiger partial charge in [-0.15, -0.1) is 0 Å². The number of morpholine rings is 1. The van der Waals surface area contributed by atoms with E-state index in [0.29, 0.717) is 37.4 Å². The van der Waals surface area contributed by atoms with Gasteiger partial charge in [-0.3, -0.25) is 4.79 Å². The summed E-state index contributed by atoms with van der Waals surface area (Å²) in [7, 11) is -3.45. The number of hydrogen-bond acceptors (Lipinski definition) is 5. The second-order valence-electron chi connectivity index (χ2n) is 6.41. The molecule has 2 aromatic carbocycles. The van der Waals surface area contributed by atoms with E-state index in [1.54, 1.807) is 42.5 Å². The van der Waals surface area contributed by atoms with E-state index in [-0.39, 0.29) is 11.3 Å². The first-order valence-electron chi connectivity index (χ1n) is 8.57. The number of ether oxygens (including phenoxy) is 1. The van der Waals surface area contributed by atoms with E-state index >= 15 is 0 Å². The van der Waals surface area contributed by atoms with E-state index in [9.17, 15) is 18.3 Å². The van der Waals surface area contributed by atoms with Gasteiger partial charge in [-0.1, -0.05) is 54.6 Å². The zero-order valence-corrected chi connectivity index (χ0v) is 15.6. The van der Waals surface area contributed by atoms with Crippen LogP contribution in [0.1, 0.15) is 16.7 Å². The minimum absolute atomic E-state index is 0.159. The summed E-state index contributed by atoms with van der Waals surface area (Å²) >= 11 is 0. The lowest BCUT2D eigenvalue weighted by Gasteiger charge is -2.27. The fraction of sp³-hybridized carbons (Fsp3) is 0.316. The summed E-state index contributed by atoms with van der Waals surface area (Å²) in [5.41, 5.74) is 4.68. The Morgan fingerprint density at radius 3 is 2.15 bits per heavy atom. The topological polar surface area (TPSA) is 110 Å². The predicted molar refractivity (Wildman–Crippen MR) is 100 cm³/mol. The molecule has 0 aliphatic carbocycles. The Morgan fingerprint density at radius 1 is 1.04 bits per heavy atom. The quantitative estimate of drug-likeness (QED) is 0.749. The molecule has 144 valence electrons. The molecule has 1 aliphatic rings. The van der Waals surface area contributed by atoms with Crippen LogP contribution in [-0.2, 0) is 30.9 Å². The summed E-state index contributed by atoms with van der Waals surface area (Å²) in [6.07, 6.45) is 0. The van der Waals surface area contributed by atoms with Gasteiger partial charge in [0, 0.05) is 13.1 Å². The molecule has 1 saturated heterocycles. The molecule has 1 amide bonds. The second-order valence-corrected chi connectivity index (χ2v) is 8.37. The first kappa shape index (κ1) is 19.5. The van der Waals surface area contributed by atoms with Gasteiger partial charge in [0.05, 0.1) is 19.0 Å². The van der Waals surface area contributed by atoms with Crippen LogP contribution in [0.5, 0.6) is 0 Å². The third-order valence-corrected chi connectivity index (χ3v) is 6.48. The number of sulfonamides is 1. The van der Waals surface area contributed by atoms with E-state index in [0.717, 1.165) is 0 Å². The van der Waals surface area contributed by atoms with Crippen molar-refractivity contribution in [3.8, 4) is 0 Å². The number of amides is 1. The molecule has 2 aromatic rings. The average Bonchev–Trinajstić information content (AvgIpc) is 2.69. The molecule has 1 heterocycles. The Kier molecular flexibility index (Phi) is 5.61. The highest BCUT2D eigenvalue weighted by Gasteiger charge is 2.38. The molecule has 7 nitrogen and oxygen atoms in total. The fourth-order valence-electron chi connectivity index (χ4n) is 3.10. The summed E-state index contributed by atoms with van der Waals surface area (Å²) in [6.45, 7) is 1.47. The Labute approximate surface area is 158 Å². The molecule has 1 unspecified atom stereocenters. The van der Waals surface area contributed by atoms with E-state index in [1.807, 2.05) is 0 Å². The van der Waals surface area contributed by atoms with Crippen molar-refractivity contribution in [2.75, 3.05) is 26.3 Å². The predicted octanol–water partition coefficient (Wildman–Crippen LogP) is 0.570. The number of carbonyl (C=O) groups is 1. The molecule has 3 N–H and O–H groups in total. The fourth-order valence-corrected chi connectivity index (χ4v) is 4.60. The van der Waals surface area contributed by atoms with Gasteiger partial charge in [0.15, 0.2) is 5.60 Å². The van der Waals surface area contributed by atoms with Gasteiger partial charge in [-0.2, -0.15) is 4.31 Å². The van der Waals surface area contributed by atoms with Crippen LogP contribution in [0.3, 0.4) is 0 Å². The van der Waals surface area contributed by atoms with Gasteiger partial charge in [0.2, 0.25) is 10.0 Å². The van der Waals surface area contributed by atoms with Crippen molar-refractivity contribution in [2.45, 2.75) is 11.4 Å². The molecule has 1 aliphatic heterocycles. The maximum absolute atomic E-state index is 12.5. The zero-order valence-electron chi connectivity index (χ0n) is 14.7. The maximum Gasteiger partial charge on any atom is 0.258 e. The van der Waals surface area contributed by atoms with Crippen LogP contribution in [0.25, 0.3) is 0 Å². The van der Waals surface area contributed by atoms with Crippen LogP contribution in [0, 0.1) is 0 Å². The van der Waals surface area contributed by atoms with Gasteiger partial charge in [0.25, 0.3) is 5.91 Å². The number of carbonyl (C=O) groups excluding carboxylic acids is 1. The first-order valence-corrected chi connectivity index (χ1v) is 10.2. The van der Waals surface area contributed by atoms with Crippen molar-refractivity contribution in [3.05, 3.63) is 71.3 Å². The van der Waals surface area contributed by atoms with Crippen LogP contribution in [0.4, 0.5) is 0 Å². The largest absolute Gasteiger partial charge is 0.379 e. The number of aliphatic hydroxyl groups is 1. The minimum Gasteiger partial charge on any atom is -0.379 e. The minimum atomic E-state index is -3.45. The normalized spacial score (nSPS) is 18.0. The van der Waals surface area contributed by atoms with E-state index in [2.05, 4.69) is 0 Å². The second kappa shape index (κ2) is 7.77. The van der Waals surface area contributed by atoms with E-state index < -0.39 is 21.5 Å². The summed E-state index contributed by atoms with van der Waals surface area (Å²) < 4.78 is 31.6. The highest BCUT2D eigenvalue weighted by atomic mass is 32.2. The lowest BCUT2D eigenvalue weighted by atomic mass is 9.85. The Balaban J connectivity index is 1.85. The molecular formula is C19H22N2O5S. The van der Waals surface area contributed by atoms with Crippen LogP contribution in [-0.4, -0.2) is 50.0 Å². The summed E-state index contributed by atoms with van der Waals surface area (Å²) in [5, 5.41) is 10.9. The van der Waals surface area contributed by atoms with Crippen molar-refractivity contribution in [1.29, 1.82) is 0 Å². The van der Waals surface area contributed by atoms with Crippen LogP contribution in [0.2, 0.25) is 0 Å². The Morgan fingerprint density at radius 2 is 1.59 bits per heavy atom. The summed E-state index contributed by atoms with van der Waals surface area (Å²) in [5.74, 6) is -1.06. The van der Waals surface area contributed by atoms with Crippen molar-refractivity contribution in [1.82, 2.24) is 4.31 Å². The number of benzene rings is 2. The number of hydrogen-bond donors (Lipinski definition) is 2. The molecule has 0 aromatic heterocycles. The molecule has 0 bridgehead atoms. The molecule has 0 radical (unpaired) electrons. The van der Waals surface area contributed by atoms with Gasteiger partial charge in [0.1, 0.15) is 0 Å². The monoisotopic (exact) mass is 390 g/mol. The maximum atomic E-state index is 12.5. The van der Waals surface area contributed by atoms with Gasteiger partial charge < -0.3 is 15.6 Å². The molecule has 27 heavy (non-hydrogen) atoms. The van der Waals surface area contributed by atoms with E-state index in [1.165, 1.54) is 16.4 Å². The molecule has 0 spiro atoms. The molecular weight excluding hydrogens is 368 g/mol. The van der Waals surface area contributed by atoms with Crippen LogP contribution in [0.15, 0.2) is 54.6 Å². The van der Waals surface area contributed by atoms with Crippen molar-refractivity contribution >= 4 is 15.9 Å². The molecule has 8 heteroatoms. The van der Waals surface area contributed by atoms with Crippen molar-refractivity contribution in [2.24, 2.45) is 5.73 Å². The SMILES string of the molecule is NC(=O)C(O)(c1ccccc1)c1ccc(CS(=O)(=O)N2CCOCC2)cc1. The van der Waals surface area contributed by atoms with Gasteiger partial charge in [-0.05, 0) is 16.7 Å². The number of rotatable bonds is 6. The third-order valence-electron chi connectivity index (χ3n) is 4.63. The van der Waals surface area contributed by atoms with Gasteiger partial charge >= 0.3 is 0 Å².